The Morgan fingerprint density at radius 1 is 1.06 bits per heavy atom. The molecule has 188 valence electrons. The van der Waals surface area contributed by atoms with E-state index in [1.54, 1.807) is 12.1 Å². The molecule has 2 N–H and O–H groups in total. The third-order valence-corrected chi connectivity index (χ3v) is 9.03. The fourth-order valence-electron chi connectivity index (χ4n) is 6.37. The molecule has 3 aliphatic rings. The monoisotopic (exact) mass is 478 g/mol. The molecule has 1 unspecified atom stereocenters. The Morgan fingerprint density at radius 2 is 1.83 bits per heavy atom. The molecule has 0 amide bonds. The average molecular weight is 479 g/mol. The molecule has 2 aliphatic carbocycles. The summed E-state index contributed by atoms with van der Waals surface area (Å²) in [7, 11) is 0. The van der Waals surface area contributed by atoms with Crippen molar-refractivity contribution in [3.63, 3.8) is 0 Å². The van der Waals surface area contributed by atoms with E-state index in [2.05, 4.69) is 40.5 Å². The first-order valence-corrected chi connectivity index (χ1v) is 13.5. The lowest BCUT2D eigenvalue weighted by Crippen LogP contribution is -2.52. The van der Waals surface area contributed by atoms with Gasteiger partial charge in [-0.1, -0.05) is 48.9 Å². The number of benzene rings is 2. The van der Waals surface area contributed by atoms with Gasteiger partial charge in [-0.25, -0.2) is 4.39 Å². The van der Waals surface area contributed by atoms with E-state index < -0.39 is 11.4 Å². The lowest BCUT2D eigenvalue weighted by molar-refractivity contribution is -0.156. The van der Waals surface area contributed by atoms with Crippen LogP contribution in [0.3, 0.4) is 0 Å². The van der Waals surface area contributed by atoms with Crippen molar-refractivity contribution >= 4 is 5.97 Å². The Morgan fingerprint density at radius 3 is 2.49 bits per heavy atom. The molecule has 0 aromatic heterocycles. The van der Waals surface area contributed by atoms with Crippen LogP contribution < -0.4 is 5.32 Å². The SMILES string of the molecule is O=C(O)C1(CN2CCC(CCCc3cccc(F)c3)(CN[C@@H]3CC3c3ccccc3)CC2)CCC1. The number of hydrogen-bond donors (Lipinski definition) is 2. The summed E-state index contributed by atoms with van der Waals surface area (Å²) in [4.78, 5) is 14.3. The second-order valence-corrected chi connectivity index (χ2v) is 11.4. The molecule has 2 saturated carbocycles. The maximum atomic E-state index is 13.6. The quantitative estimate of drug-likeness (QED) is 0.439. The number of rotatable bonds is 11. The van der Waals surface area contributed by atoms with E-state index in [1.807, 2.05) is 6.07 Å². The standard InChI is InChI=1S/C30H39FN2O2/c31-25-11-4-7-23(19-25)8-5-12-29(21-32-27-20-26(27)24-9-2-1-3-10-24)15-17-33(18-16-29)22-30(28(34)35)13-6-14-30/h1-4,7,9-11,19,26-27,32H,5-6,8,12-18,20-22H2,(H,34,35)/t26?,27-/m1/s1. The Balaban J connectivity index is 1.18. The summed E-state index contributed by atoms with van der Waals surface area (Å²) in [5, 5.41) is 13.7. The molecule has 2 aromatic rings. The highest BCUT2D eigenvalue weighted by Crippen LogP contribution is 2.45. The molecule has 1 aliphatic heterocycles. The maximum absolute atomic E-state index is 13.6. The summed E-state index contributed by atoms with van der Waals surface area (Å²) in [6.07, 6.45) is 9.16. The van der Waals surface area contributed by atoms with Gasteiger partial charge in [-0.15, -0.1) is 0 Å². The van der Waals surface area contributed by atoms with Gasteiger partial charge >= 0.3 is 5.97 Å². The van der Waals surface area contributed by atoms with Crippen molar-refractivity contribution in [2.24, 2.45) is 10.8 Å². The van der Waals surface area contributed by atoms with Gasteiger partial charge in [0.1, 0.15) is 5.82 Å². The molecule has 2 atom stereocenters. The first-order valence-electron chi connectivity index (χ1n) is 13.5. The molecule has 4 nitrogen and oxygen atoms in total. The predicted octanol–water partition coefficient (Wildman–Crippen LogP) is 5.63. The average Bonchev–Trinajstić information content (AvgIpc) is 3.62. The molecule has 1 heterocycles. The van der Waals surface area contributed by atoms with Gasteiger partial charge in [-0.2, -0.15) is 0 Å². The number of aliphatic carboxylic acids is 1. The molecule has 35 heavy (non-hydrogen) atoms. The number of likely N-dealkylation sites (tertiary alicyclic amines) is 1. The zero-order chi connectivity index (χ0) is 24.3. The number of carboxylic acids is 1. The van der Waals surface area contributed by atoms with Crippen LogP contribution >= 0.6 is 0 Å². The molecular weight excluding hydrogens is 439 g/mol. The summed E-state index contributed by atoms with van der Waals surface area (Å²) in [6, 6.07) is 18.3. The van der Waals surface area contributed by atoms with E-state index in [4.69, 9.17) is 0 Å². The number of carbonyl (C=O) groups is 1. The molecule has 1 saturated heterocycles. The van der Waals surface area contributed by atoms with E-state index >= 15 is 0 Å². The second-order valence-electron chi connectivity index (χ2n) is 11.4. The number of halogens is 1. The zero-order valence-electron chi connectivity index (χ0n) is 20.7. The topological polar surface area (TPSA) is 52.6 Å². The smallest absolute Gasteiger partial charge is 0.310 e. The van der Waals surface area contributed by atoms with E-state index in [9.17, 15) is 14.3 Å². The van der Waals surface area contributed by atoms with Crippen LogP contribution in [0.2, 0.25) is 0 Å². The lowest BCUT2D eigenvalue weighted by Gasteiger charge is -2.47. The van der Waals surface area contributed by atoms with Crippen molar-refractivity contribution < 1.29 is 14.3 Å². The van der Waals surface area contributed by atoms with Crippen LogP contribution in [0.4, 0.5) is 4.39 Å². The highest BCUT2D eigenvalue weighted by atomic mass is 19.1. The van der Waals surface area contributed by atoms with Gasteiger partial charge in [-0.3, -0.25) is 4.79 Å². The van der Waals surface area contributed by atoms with Gasteiger partial charge in [0.05, 0.1) is 5.41 Å². The minimum atomic E-state index is -0.613. The first-order chi connectivity index (χ1) is 17.0. The third kappa shape index (κ3) is 5.78. The Bertz CT molecular complexity index is 998. The van der Waals surface area contributed by atoms with Gasteiger partial charge in [0, 0.05) is 25.0 Å². The normalized spacial score (nSPS) is 25.1. The van der Waals surface area contributed by atoms with Crippen molar-refractivity contribution in [1.82, 2.24) is 10.2 Å². The number of piperidine rings is 1. The maximum Gasteiger partial charge on any atom is 0.310 e. The molecule has 5 heteroatoms. The van der Waals surface area contributed by atoms with Gasteiger partial charge in [-0.05, 0) is 93.1 Å². The predicted molar refractivity (Wildman–Crippen MR) is 137 cm³/mol. The Labute approximate surface area is 208 Å². The van der Waals surface area contributed by atoms with E-state index in [0.717, 1.165) is 76.6 Å². The third-order valence-electron chi connectivity index (χ3n) is 9.03. The van der Waals surface area contributed by atoms with Crippen LogP contribution in [-0.4, -0.2) is 48.2 Å². The first kappa shape index (κ1) is 24.5. The molecule has 0 radical (unpaired) electrons. The number of hydrogen-bond acceptors (Lipinski definition) is 3. The Hall–Kier alpha value is -2.24. The van der Waals surface area contributed by atoms with Crippen molar-refractivity contribution in [1.29, 1.82) is 0 Å². The van der Waals surface area contributed by atoms with Gasteiger partial charge < -0.3 is 15.3 Å². The molecule has 0 bridgehead atoms. The van der Waals surface area contributed by atoms with Crippen LogP contribution in [0.5, 0.6) is 0 Å². The van der Waals surface area contributed by atoms with E-state index in [-0.39, 0.29) is 11.2 Å². The number of aryl methyl sites for hydroxylation is 1. The van der Waals surface area contributed by atoms with Crippen LogP contribution in [0.25, 0.3) is 0 Å². The van der Waals surface area contributed by atoms with E-state index in [1.165, 1.54) is 18.1 Å². The van der Waals surface area contributed by atoms with Crippen molar-refractivity contribution in [2.45, 2.75) is 69.7 Å². The van der Waals surface area contributed by atoms with Gasteiger partial charge in [0.2, 0.25) is 0 Å². The largest absolute Gasteiger partial charge is 0.481 e. The number of nitrogens with one attached hydrogen (secondary N) is 1. The molecule has 0 spiro atoms. The highest BCUT2D eigenvalue weighted by Gasteiger charge is 2.47. The van der Waals surface area contributed by atoms with Crippen molar-refractivity contribution in [3.05, 3.63) is 71.5 Å². The second kappa shape index (κ2) is 10.4. The molecular formula is C30H39FN2O2. The van der Waals surface area contributed by atoms with Gasteiger partial charge in [0.15, 0.2) is 0 Å². The van der Waals surface area contributed by atoms with Crippen LogP contribution in [0.1, 0.15) is 68.4 Å². The lowest BCUT2D eigenvalue weighted by atomic mass is 9.67. The van der Waals surface area contributed by atoms with Crippen LogP contribution in [0, 0.1) is 16.6 Å². The fourth-order valence-corrected chi connectivity index (χ4v) is 6.37. The minimum absolute atomic E-state index is 0.156. The Kier molecular flexibility index (Phi) is 7.26. The van der Waals surface area contributed by atoms with Crippen molar-refractivity contribution in [3.8, 4) is 0 Å². The zero-order valence-corrected chi connectivity index (χ0v) is 20.7. The minimum Gasteiger partial charge on any atom is -0.481 e. The van der Waals surface area contributed by atoms with Crippen LogP contribution in [0.15, 0.2) is 54.6 Å². The van der Waals surface area contributed by atoms with Gasteiger partial charge in [0.25, 0.3) is 0 Å². The van der Waals surface area contributed by atoms with Crippen molar-refractivity contribution in [2.75, 3.05) is 26.2 Å². The molecule has 2 aromatic carbocycles. The number of nitrogens with zero attached hydrogens (tertiary/aromatic N) is 1. The summed E-state index contributed by atoms with van der Waals surface area (Å²) in [5.41, 5.74) is 2.22. The summed E-state index contributed by atoms with van der Waals surface area (Å²) in [5.74, 6) is -0.149. The summed E-state index contributed by atoms with van der Waals surface area (Å²) < 4.78 is 13.6. The fraction of sp³-hybridized carbons (Fsp3) is 0.567. The number of carboxylic acid groups (broad SMARTS) is 1. The van der Waals surface area contributed by atoms with Crippen LogP contribution in [-0.2, 0) is 11.2 Å². The summed E-state index contributed by atoms with van der Waals surface area (Å²) >= 11 is 0. The molecule has 5 rings (SSSR count). The highest BCUT2D eigenvalue weighted by molar-refractivity contribution is 5.76. The molecule has 3 fully saturated rings. The van der Waals surface area contributed by atoms with E-state index in [0.29, 0.717) is 18.5 Å². The summed E-state index contributed by atoms with van der Waals surface area (Å²) in [6.45, 7) is 3.67.